The lowest BCUT2D eigenvalue weighted by Gasteiger charge is -2.17. The van der Waals surface area contributed by atoms with Crippen molar-refractivity contribution < 1.29 is 22.6 Å². The van der Waals surface area contributed by atoms with E-state index in [0.29, 0.717) is 17.7 Å². The number of hydrogen-bond acceptors (Lipinski definition) is 3. The highest BCUT2D eigenvalue weighted by atomic mass is 35.5. The van der Waals surface area contributed by atoms with E-state index < -0.39 is 6.36 Å². The zero-order valence-corrected chi connectivity index (χ0v) is 11.5. The van der Waals surface area contributed by atoms with Crippen LogP contribution in [0.4, 0.5) is 13.2 Å². The van der Waals surface area contributed by atoms with Gasteiger partial charge in [0.25, 0.3) is 0 Å². The molecule has 2 N–H and O–H groups in total. The monoisotopic (exact) mass is 299 g/mol. The van der Waals surface area contributed by atoms with Crippen LogP contribution in [-0.2, 0) is 0 Å². The lowest BCUT2D eigenvalue weighted by Crippen LogP contribution is -2.18. The molecule has 0 heterocycles. The number of rotatable bonds is 5. The molecule has 0 amide bonds. The molecule has 1 aromatic carbocycles. The molecular weight excluding hydrogens is 283 g/mol. The summed E-state index contributed by atoms with van der Waals surface area (Å²) in [5, 5.41) is 0. The van der Waals surface area contributed by atoms with Gasteiger partial charge < -0.3 is 15.2 Å². The molecule has 0 aliphatic rings. The minimum Gasteiger partial charge on any atom is -0.496 e. The quantitative estimate of drug-likeness (QED) is 0.899. The summed E-state index contributed by atoms with van der Waals surface area (Å²) in [5.74, 6) is 0.176. The van der Waals surface area contributed by atoms with Crippen LogP contribution in [0, 0.1) is 0 Å². The van der Waals surface area contributed by atoms with Crippen molar-refractivity contribution in [1.82, 2.24) is 0 Å². The van der Waals surface area contributed by atoms with Crippen molar-refractivity contribution in [2.45, 2.75) is 32.2 Å². The number of alkyl halides is 3. The Bertz CT molecular complexity index is 399. The Labute approximate surface area is 116 Å². The summed E-state index contributed by atoms with van der Waals surface area (Å²) in [5.41, 5.74) is 6.41. The average molecular weight is 300 g/mol. The van der Waals surface area contributed by atoms with Gasteiger partial charge in [-0.05, 0) is 24.6 Å². The van der Waals surface area contributed by atoms with E-state index in [1.165, 1.54) is 25.3 Å². The van der Waals surface area contributed by atoms with Gasteiger partial charge in [0.1, 0.15) is 11.5 Å². The van der Waals surface area contributed by atoms with Gasteiger partial charge in [-0.3, -0.25) is 0 Å². The number of hydrogen-bond donors (Lipinski definition) is 1. The fraction of sp³-hybridized carbons (Fsp3) is 0.500. The number of ether oxygens (including phenoxy) is 2. The first-order valence-electron chi connectivity index (χ1n) is 5.56. The van der Waals surface area contributed by atoms with Crippen molar-refractivity contribution in [3.8, 4) is 11.5 Å². The predicted molar refractivity (Wildman–Crippen MR) is 68.8 cm³/mol. The van der Waals surface area contributed by atoms with Crippen LogP contribution in [-0.4, -0.2) is 13.5 Å². The van der Waals surface area contributed by atoms with Crippen LogP contribution >= 0.6 is 12.4 Å². The van der Waals surface area contributed by atoms with Crippen LogP contribution in [0.15, 0.2) is 18.2 Å². The van der Waals surface area contributed by atoms with E-state index in [9.17, 15) is 13.2 Å². The molecule has 0 unspecified atom stereocenters. The van der Waals surface area contributed by atoms with Crippen LogP contribution in [0.3, 0.4) is 0 Å². The lowest BCUT2D eigenvalue weighted by molar-refractivity contribution is -0.274. The molecule has 1 atom stereocenters. The third-order valence-electron chi connectivity index (χ3n) is 2.43. The molecule has 1 rings (SSSR count). The number of methoxy groups -OCH3 is 1. The average Bonchev–Trinajstić information content (AvgIpc) is 2.27. The molecule has 3 nitrogen and oxygen atoms in total. The molecule has 0 aromatic heterocycles. The van der Waals surface area contributed by atoms with Gasteiger partial charge in [0.2, 0.25) is 0 Å². The summed E-state index contributed by atoms with van der Waals surface area (Å²) in [6.07, 6.45) is -3.22. The second-order valence-electron chi connectivity index (χ2n) is 3.85. The van der Waals surface area contributed by atoms with Gasteiger partial charge in [-0.2, -0.15) is 0 Å². The van der Waals surface area contributed by atoms with Crippen molar-refractivity contribution in [2.75, 3.05) is 7.11 Å². The molecule has 0 aliphatic carbocycles. The molecule has 7 heteroatoms. The highest BCUT2D eigenvalue weighted by molar-refractivity contribution is 5.85. The van der Waals surface area contributed by atoms with E-state index in [0.717, 1.165) is 6.42 Å². The van der Waals surface area contributed by atoms with Crippen LogP contribution in [0.2, 0.25) is 0 Å². The first kappa shape index (κ1) is 17.9. The van der Waals surface area contributed by atoms with Gasteiger partial charge in [0, 0.05) is 11.6 Å². The normalized spacial score (nSPS) is 12.5. The molecule has 0 saturated heterocycles. The Kier molecular flexibility index (Phi) is 7.00. The third-order valence-corrected chi connectivity index (χ3v) is 2.43. The fourth-order valence-electron chi connectivity index (χ4n) is 1.67. The first-order chi connectivity index (χ1) is 8.37. The van der Waals surface area contributed by atoms with Crippen molar-refractivity contribution in [3.63, 3.8) is 0 Å². The molecule has 19 heavy (non-hydrogen) atoms. The minimum absolute atomic E-state index is 0. The summed E-state index contributed by atoms with van der Waals surface area (Å²) >= 11 is 0. The Morgan fingerprint density at radius 3 is 2.42 bits per heavy atom. The molecule has 110 valence electrons. The Balaban J connectivity index is 0.00000324. The van der Waals surface area contributed by atoms with E-state index in [4.69, 9.17) is 10.5 Å². The molecule has 1 aromatic rings. The fourth-order valence-corrected chi connectivity index (χ4v) is 1.67. The van der Waals surface area contributed by atoms with Gasteiger partial charge in [-0.1, -0.05) is 13.3 Å². The second kappa shape index (κ2) is 7.45. The van der Waals surface area contributed by atoms with Gasteiger partial charge in [-0.15, -0.1) is 25.6 Å². The first-order valence-corrected chi connectivity index (χ1v) is 5.56. The largest absolute Gasteiger partial charge is 0.573 e. The Morgan fingerprint density at radius 2 is 1.95 bits per heavy atom. The van der Waals surface area contributed by atoms with E-state index in [1.807, 2.05) is 6.92 Å². The maximum absolute atomic E-state index is 12.1. The number of nitrogens with two attached hydrogens (primary N) is 1. The van der Waals surface area contributed by atoms with Crippen LogP contribution in [0.25, 0.3) is 0 Å². The zero-order valence-electron chi connectivity index (χ0n) is 10.7. The van der Waals surface area contributed by atoms with Gasteiger partial charge in [0.15, 0.2) is 0 Å². The number of benzene rings is 1. The van der Waals surface area contributed by atoms with Gasteiger partial charge >= 0.3 is 6.36 Å². The van der Waals surface area contributed by atoms with Crippen molar-refractivity contribution >= 4 is 12.4 Å². The number of halogens is 4. The third kappa shape index (κ3) is 5.57. The summed E-state index contributed by atoms with van der Waals surface area (Å²) in [6, 6.07) is 3.52. The molecular formula is C12H17ClF3NO2. The van der Waals surface area contributed by atoms with E-state index >= 15 is 0 Å². The highest BCUT2D eigenvalue weighted by Crippen LogP contribution is 2.32. The Hall–Kier alpha value is -1.14. The van der Waals surface area contributed by atoms with E-state index in [2.05, 4.69) is 4.74 Å². The Morgan fingerprint density at radius 1 is 1.32 bits per heavy atom. The molecule has 0 aliphatic heterocycles. The van der Waals surface area contributed by atoms with Crippen molar-refractivity contribution in [3.05, 3.63) is 23.8 Å². The molecule has 0 spiro atoms. The standard InChI is InChI=1S/C12H16F3NO2.ClH/c1-3-4-10(16)9-7-8(18-12(13,14)15)5-6-11(9)17-2;/h5-7,10H,3-4,16H2,1-2H3;1H/t10-;/m0./s1. The van der Waals surface area contributed by atoms with Gasteiger partial charge in [-0.25, -0.2) is 0 Å². The summed E-state index contributed by atoms with van der Waals surface area (Å²) in [6.45, 7) is 1.95. The van der Waals surface area contributed by atoms with Crippen molar-refractivity contribution in [2.24, 2.45) is 5.73 Å². The van der Waals surface area contributed by atoms with E-state index in [-0.39, 0.29) is 24.2 Å². The second-order valence-corrected chi connectivity index (χ2v) is 3.85. The lowest BCUT2D eigenvalue weighted by atomic mass is 10.0. The minimum atomic E-state index is -4.71. The topological polar surface area (TPSA) is 44.5 Å². The highest BCUT2D eigenvalue weighted by Gasteiger charge is 2.31. The van der Waals surface area contributed by atoms with Crippen molar-refractivity contribution in [1.29, 1.82) is 0 Å². The van der Waals surface area contributed by atoms with Crippen LogP contribution in [0.5, 0.6) is 11.5 Å². The van der Waals surface area contributed by atoms with E-state index in [1.54, 1.807) is 0 Å². The maximum atomic E-state index is 12.1. The SMILES string of the molecule is CCC[C@H](N)c1cc(OC(F)(F)F)ccc1OC.Cl. The smallest absolute Gasteiger partial charge is 0.496 e. The molecule has 0 fully saturated rings. The van der Waals surface area contributed by atoms with Gasteiger partial charge in [0.05, 0.1) is 7.11 Å². The summed E-state index contributed by atoms with van der Waals surface area (Å²) in [7, 11) is 1.45. The van der Waals surface area contributed by atoms with Crippen LogP contribution in [0.1, 0.15) is 31.4 Å². The molecule has 0 saturated carbocycles. The zero-order chi connectivity index (χ0) is 13.8. The molecule has 0 bridgehead atoms. The maximum Gasteiger partial charge on any atom is 0.573 e. The summed E-state index contributed by atoms with van der Waals surface area (Å²) in [4.78, 5) is 0. The van der Waals surface area contributed by atoms with Crippen LogP contribution < -0.4 is 15.2 Å². The summed E-state index contributed by atoms with van der Waals surface area (Å²) < 4.78 is 45.3. The molecule has 0 radical (unpaired) electrons. The predicted octanol–water partition coefficient (Wildman–Crippen LogP) is 3.82.